The third-order valence-corrected chi connectivity index (χ3v) is 11.3. The molecule has 4 aliphatic carbocycles. The second-order valence-electron chi connectivity index (χ2n) is 14.7. The van der Waals surface area contributed by atoms with Crippen molar-refractivity contribution >= 4 is 11.7 Å². The van der Waals surface area contributed by atoms with Crippen molar-refractivity contribution in [3.8, 4) is 23.3 Å². The Bertz CT molecular complexity index is 1430. The van der Waals surface area contributed by atoms with Gasteiger partial charge in [0, 0.05) is 43.6 Å². The van der Waals surface area contributed by atoms with Crippen molar-refractivity contribution in [1.82, 2.24) is 0 Å². The van der Waals surface area contributed by atoms with Crippen LogP contribution in [-0.2, 0) is 16.0 Å². The Hall–Kier alpha value is -3.28. The van der Waals surface area contributed by atoms with Crippen LogP contribution in [0, 0.1) is 41.4 Å². The van der Waals surface area contributed by atoms with Gasteiger partial charge in [-0.05, 0) is 118 Å². The van der Waals surface area contributed by atoms with Gasteiger partial charge in [0.25, 0.3) is 0 Å². The molecule has 7 atom stereocenters. The van der Waals surface area contributed by atoms with Crippen molar-refractivity contribution in [2.24, 2.45) is 46.0 Å². The van der Waals surface area contributed by atoms with E-state index in [0.717, 1.165) is 74.5 Å². The van der Waals surface area contributed by atoms with Crippen LogP contribution in [0.4, 0.5) is 0 Å². The highest BCUT2D eigenvalue weighted by Gasteiger charge is 2.46. The number of fused-ring (bicyclic) bond motifs is 6. The van der Waals surface area contributed by atoms with Crippen molar-refractivity contribution in [1.29, 1.82) is 0 Å². The highest BCUT2D eigenvalue weighted by atomic mass is 16.5. The van der Waals surface area contributed by atoms with Crippen molar-refractivity contribution < 1.29 is 24.5 Å². The van der Waals surface area contributed by atoms with Crippen LogP contribution in [0.1, 0.15) is 114 Å². The molecule has 0 aromatic heterocycles. The summed E-state index contributed by atoms with van der Waals surface area (Å²) in [6.07, 6.45) is 17.1. The first-order valence-electron chi connectivity index (χ1n) is 18.4. The summed E-state index contributed by atoms with van der Waals surface area (Å²) >= 11 is 0. The maximum absolute atomic E-state index is 13.2. The van der Waals surface area contributed by atoms with E-state index in [0.29, 0.717) is 44.0 Å². The van der Waals surface area contributed by atoms with Gasteiger partial charge in [0.2, 0.25) is 0 Å². The number of carbonyl (C=O) groups is 1. The first kappa shape index (κ1) is 36.0. The quantitative estimate of drug-likeness (QED) is 0.0640. The molecule has 0 radical (unpaired) electrons. The molecule has 7 unspecified atom stereocenters. The van der Waals surface area contributed by atoms with Crippen LogP contribution >= 0.6 is 0 Å². The van der Waals surface area contributed by atoms with E-state index in [1.165, 1.54) is 5.57 Å². The van der Waals surface area contributed by atoms with Gasteiger partial charge in [0.05, 0.1) is 18.8 Å². The predicted molar refractivity (Wildman–Crippen MR) is 191 cm³/mol. The fourth-order valence-corrected chi connectivity index (χ4v) is 8.74. The van der Waals surface area contributed by atoms with Crippen LogP contribution in [0.2, 0.25) is 0 Å². The molecule has 8 heteroatoms. The van der Waals surface area contributed by atoms with E-state index in [9.17, 15) is 15.0 Å². The van der Waals surface area contributed by atoms with E-state index < -0.39 is 0 Å². The number of phenolic OH excluding ortho intramolecular Hbond substituents is 1. The van der Waals surface area contributed by atoms with E-state index in [2.05, 4.69) is 36.8 Å². The number of guanidine groups is 1. The van der Waals surface area contributed by atoms with Gasteiger partial charge in [0.15, 0.2) is 23.2 Å². The lowest BCUT2D eigenvalue weighted by Gasteiger charge is -2.47. The number of carbonyl (C=O) groups excluding carboxylic acids is 1. The van der Waals surface area contributed by atoms with Gasteiger partial charge in [-0.15, -0.1) is 0 Å². The lowest BCUT2D eigenvalue weighted by Crippen LogP contribution is -2.39. The number of aliphatic hydroxyl groups is 1. The van der Waals surface area contributed by atoms with Gasteiger partial charge in [0.1, 0.15) is 0 Å². The minimum absolute atomic E-state index is 0.0356. The van der Waals surface area contributed by atoms with Crippen LogP contribution in [0.5, 0.6) is 11.5 Å². The molecule has 48 heavy (non-hydrogen) atoms. The maximum atomic E-state index is 13.2. The van der Waals surface area contributed by atoms with Gasteiger partial charge in [-0.25, -0.2) is 4.99 Å². The van der Waals surface area contributed by atoms with Crippen molar-refractivity contribution in [2.75, 3.05) is 20.3 Å². The number of hydrogen-bond donors (Lipinski definition) is 4. The zero-order valence-electron chi connectivity index (χ0n) is 29.3. The number of allylic oxidation sites excluding steroid dienone is 4. The van der Waals surface area contributed by atoms with Crippen LogP contribution < -0.4 is 16.2 Å². The Morgan fingerprint density at radius 1 is 1.21 bits per heavy atom. The molecule has 2 bridgehead atoms. The standard InChI is InChI=1S/C40H57N3O5/c1-4-26(18-19-44)13-16-31(45)17-15-28-23-36(48-32-9-5-6-10-32)39(46)38-33(28)11-7-8-30(43-40(41)42)22-29-21-27-14-12-25(2)20-34(27)37(38)35(29)24-47-3/h13,16,21,23,25-26,29-30,32,34-35,37,44,46H,4-6,8-10,12,14-15,17-20,22,24H2,1-3H3,(H4,41,42,43). The van der Waals surface area contributed by atoms with Crippen LogP contribution in [0.25, 0.3) is 0 Å². The fourth-order valence-electron chi connectivity index (χ4n) is 8.74. The van der Waals surface area contributed by atoms with Crippen molar-refractivity contribution in [2.45, 2.75) is 115 Å². The first-order chi connectivity index (χ1) is 23.2. The zero-order valence-corrected chi connectivity index (χ0v) is 29.3. The van der Waals surface area contributed by atoms with Crippen molar-refractivity contribution in [3.63, 3.8) is 0 Å². The Morgan fingerprint density at radius 3 is 2.71 bits per heavy atom. The molecule has 0 aliphatic heterocycles. The van der Waals surface area contributed by atoms with E-state index in [4.69, 9.17) is 20.9 Å². The number of phenols is 1. The number of aromatic hydroxyl groups is 1. The molecule has 4 aliphatic rings. The Balaban J connectivity index is 1.66. The average Bonchev–Trinajstić information content (AvgIpc) is 3.57. The molecule has 0 saturated heterocycles. The summed E-state index contributed by atoms with van der Waals surface area (Å²) in [5.41, 5.74) is 15.9. The topological polar surface area (TPSA) is 140 Å². The van der Waals surface area contributed by atoms with Gasteiger partial charge in [-0.3, -0.25) is 4.79 Å². The normalized spacial score (nSPS) is 27.6. The van der Waals surface area contributed by atoms with E-state index in [1.807, 2.05) is 12.1 Å². The predicted octanol–water partition coefficient (Wildman–Crippen LogP) is 6.31. The number of aliphatic hydroxyl groups excluding tert-OH is 1. The van der Waals surface area contributed by atoms with Crippen molar-refractivity contribution in [3.05, 3.63) is 46.6 Å². The summed E-state index contributed by atoms with van der Waals surface area (Å²) in [6.45, 7) is 5.03. The molecule has 5 rings (SSSR count). The molecule has 2 saturated carbocycles. The number of aryl methyl sites for hydroxylation is 1. The largest absolute Gasteiger partial charge is 0.504 e. The number of ketones is 1. The highest BCUT2D eigenvalue weighted by molar-refractivity contribution is 5.89. The molecule has 0 heterocycles. The maximum Gasteiger partial charge on any atom is 0.186 e. The minimum atomic E-state index is -0.163. The zero-order chi connectivity index (χ0) is 34.2. The molecule has 262 valence electrons. The molecule has 0 spiro atoms. The number of nitrogens with two attached hydrogens (primary N) is 2. The summed E-state index contributed by atoms with van der Waals surface area (Å²) < 4.78 is 12.6. The van der Waals surface area contributed by atoms with E-state index >= 15 is 0 Å². The lowest BCUT2D eigenvalue weighted by atomic mass is 9.58. The molecule has 6 N–H and O–H groups in total. The summed E-state index contributed by atoms with van der Waals surface area (Å²) in [5, 5.41) is 21.7. The molecule has 0 amide bonds. The summed E-state index contributed by atoms with van der Waals surface area (Å²) in [5.74, 6) is 8.88. The minimum Gasteiger partial charge on any atom is -0.504 e. The van der Waals surface area contributed by atoms with E-state index in [1.54, 1.807) is 13.2 Å². The van der Waals surface area contributed by atoms with E-state index in [-0.39, 0.29) is 65.8 Å². The Labute approximate surface area is 287 Å². The smallest absolute Gasteiger partial charge is 0.186 e. The Kier molecular flexibility index (Phi) is 12.7. The SMILES string of the molecule is CCC(C=CC(=O)CCc1cc(OC2CCCC2)c(O)c2c1C#CCC(N=C(N)N)CC1C=C3CCC(C)CC3C2C1COC)CCO. The van der Waals surface area contributed by atoms with Gasteiger partial charge in [-0.1, -0.05) is 43.4 Å². The fraction of sp³-hybridized carbons (Fsp3) is 0.650. The number of ether oxygens (including phenoxy) is 2. The van der Waals surface area contributed by atoms with Gasteiger partial charge < -0.3 is 31.2 Å². The molecular formula is C40H57N3O5. The number of hydrogen-bond acceptors (Lipinski definition) is 6. The number of methoxy groups -OCH3 is 1. The molecular weight excluding hydrogens is 602 g/mol. The summed E-state index contributed by atoms with van der Waals surface area (Å²) in [6, 6.07) is 1.79. The molecule has 1 aromatic carbocycles. The molecule has 2 fully saturated rings. The second kappa shape index (κ2) is 16.9. The first-order valence-corrected chi connectivity index (χ1v) is 18.4. The van der Waals surface area contributed by atoms with Crippen LogP contribution in [0.15, 0.2) is 34.9 Å². The second-order valence-corrected chi connectivity index (χ2v) is 14.7. The number of benzene rings is 1. The third-order valence-electron chi connectivity index (χ3n) is 11.3. The molecule has 1 aromatic rings. The monoisotopic (exact) mass is 659 g/mol. The third kappa shape index (κ3) is 8.65. The number of aliphatic imine (C=N–C) groups is 1. The molecule has 8 nitrogen and oxygen atoms in total. The average molecular weight is 660 g/mol. The summed E-state index contributed by atoms with van der Waals surface area (Å²) in [4.78, 5) is 17.8. The van der Waals surface area contributed by atoms with Gasteiger partial charge in [-0.2, -0.15) is 0 Å². The Morgan fingerprint density at radius 2 is 2.00 bits per heavy atom. The van der Waals surface area contributed by atoms with Crippen LogP contribution in [0.3, 0.4) is 0 Å². The summed E-state index contributed by atoms with van der Waals surface area (Å²) in [7, 11) is 1.75. The number of nitrogens with zero attached hydrogens (tertiary/aromatic N) is 1. The van der Waals surface area contributed by atoms with Gasteiger partial charge >= 0.3 is 0 Å². The van der Waals surface area contributed by atoms with Crippen LogP contribution in [-0.4, -0.2) is 54.4 Å². The lowest BCUT2D eigenvalue weighted by molar-refractivity contribution is -0.114. The highest BCUT2D eigenvalue weighted by Crippen LogP contribution is 2.56. The number of rotatable bonds is 13.